The van der Waals surface area contributed by atoms with Gasteiger partial charge >= 0.3 is 0 Å². The summed E-state index contributed by atoms with van der Waals surface area (Å²) in [5.74, 6) is -0.167. The zero-order valence-electron chi connectivity index (χ0n) is 12.5. The molecule has 0 bridgehead atoms. The Morgan fingerprint density at radius 3 is 2.62 bits per heavy atom. The standard InChI is InChI=1S/C20H10N2OS/c23-15-9-12-16-10-5-1-3-7-13(10)21-19(16)20-17(18(12)22-15)11-6-2-4-8-14(11)24-20/h1-9,21H. The van der Waals surface area contributed by atoms with E-state index < -0.39 is 0 Å². The van der Waals surface area contributed by atoms with Gasteiger partial charge in [-0.1, -0.05) is 36.4 Å². The van der Waals surface area contributed by atoms with Gasteiger partial charge in [0, 0.05) is 43.1 Å². The van der Waals surface area contributed by atoms with E-state index in [4.69, 9.17) is 0 Å². The summed E-state index contributed by atoms with van der Waals surface area (Å²) >= 11 is 1.76. The molecule has 0 saturated carbocycles. The van der Waals surface area contributed by atoms with Gasteiger partial charge in [0.15, 0.2) is 0 Å². The van der Waals surface area contributed by atoms with Crippen molar-refractivity contribution in [3.8, 4) is 0 Å². The highest BCUT2D eigenvalue weighted by Gasteiger charge is 2.19. The Balaban J connectivity index is 2.09. The number of carbonyl (C=O) groups excluding carboxylic acids is 1. The Morgan fingerprint density at radius 2 is 1.71 bits per heavy atom. The van der Waals surface area contributed by atoms with Gasteiger partial charge in [-0.2, -0.15) is 0 Å². The monoisotopic (exact) mass is 326 g/mol. The number of thiophene rings is 1. The van der Waals surface area contributed by atoms with Gasteiger partial charge in [0.1, 0.15) is 0 Å². The van der Waals surface area contributed by atoms with Crippen molar-refractivity contribution in [2.45, 2.75) is 0 Å². The lowest BCUT2D eigenvalue weighted by Gasteiger charge is -1.96. The molecule has 3 heterocycles. The average Bonchev–Trinajstić information content (AvgIpc) is 3.25. The molecule has 2 aromatic heterocycles. The summed E-state index contributed by atoms with van der Waals surface area (Å²) in [4.78, 5) is 20.0. The van der Waals surface area contributed by atoms with Gasteiger partial charge in [0.25, 0.3) is 5.91 Å². The SMILES string of the molecule is O=C1C=c2c(c3c4ccccc4sc3c3[nH]c4ccccc4c23)=N1. The molecule has 1 amide bonds. The fraction of sp³-hybridized carbons (Fsp3) is 0. The van der Waals surface area contributed by atoms with Crippen LogP contribution in [0.3, 0.4) is 0 Å². The van der Waals surface area contributed by atoms with Crippen LogP contribution in [0.15, 0.2) is 53.5 Å². The van der Waals surface area contributed by atoms with E-state index in [-0.39, 0.29) is 5.91 Å². The van der Waals surface area contributed by atoms with Gasteiger partial charge in [0.05, 0.1) is 15.6 Å². The molecule has 0 fully saturated rings. The third kappa shape index (κ3) is 1.38. The Bertz CT molecular complexity index is 1360. The van der Waals surface area contributed by atoms with E-state index in [9.17, 15) is 4.79 Å². The molecule has 5 aromatic rings. The van der Waals surface area contributed by atoms with E-state index in [1.54, 1.807) is 17.4 Å². The predicted molar refractivity (Wildman–Crippen MR) is 98.9 cm³/mol. The fourth-order valence-electron chi connectivity index (χ4n) is 3.82. The molecule has 112 valence electrons. The van der Waals surface area contributed by atoms with Crippen molar-refractivity contribution in [2.75, 3.05) is 0 Å². The van der Waals surface area contributed by atoms with Crippen molar-refractivity contribution in [1.29, 1.82) is 0 Å². The maximum atomic E-state index is 12.1. The second-order valence-corrected chi connectivity index (χ2v) is 7.13. The third-order valence-electron chi connectivity index (χ3n) is 4.78. The summed E-state index contributed by atoms with van der Waals surface area (Å²) in [5.41, 5.74) is 2.19. The molecule has 3 nitrogen and oxygen atoms in total. The lowest BCUT2D eigenvalue weighted by Crippen LogP contribution is -2.22. The Morgan fingerprint density at radius 1 is 0.917 bits per heavy atom. The van der Waals surface area contributed by atoms with Gasteiger partial charge in [0.2, 0.25) is 0 Å². The van der Waals surface area contributed by atoms with Crippen LogP contribution in [-0.4, -0.2) is 10.9 Å². The highest BCUT2D eigenvalue weighted by molar-refractivity contribution is 7.26. The first-order valence-electron chi connectivity index (χ1n) is 7.79. The zero-order valence-corrected chi connectivity index (χ0v) is 13.3. The summed E-state index contributed by atoms with van der Waals surface area (Å²) in [6.45, 7) is 0. The molecule has 0 atom stereocenters. The van der Waals surface area contributed by atoms with E-state index in [0.717, 1.165) is 37.8 Å². The fourth-order valence-corrected chi connectivity index (χ4v) is 5.03. The third-order valence-corrected chi connectivity index (χ3v) is 5.97. The first kappa shape index (κ1) is 12.4. The van der Waals surface area contributed by atoms with E-state index in [1.807, 2.05) is 18.2 Å². The minimum Gasteiger partial charge on any atom is -0.353 e. The lowest BCUT2D eigenvalue weighted by atomic mass is 10.1. The van der Waals surface area contributed by atoms with Gasteiger partial charge in [-0.3, -0.25) is 4.79 Å². The normalized spacial score (nSPS) is 13.8. The summed E-state index contributed by atoms with van der Waals surface area (Å²) in [5, 5.41) is 6.28. The highest BCUT2D eigenvalue weighted by atomic mass is 32.1. The number of hydrogen-bond donors (Lipinski definition) is 1. The summed E-state index contributed by atoms with van der Waals surface area (Å²) < 4.78 is 2.39. The van der Waals surface area contributed by atoms with Crippen molar-refractivity contribution >= 4 is 65.3 Å². The number of benzene rings is 3. The molecule has 6 rings (SSSR count). The number of aromatic nitrogens is 1. The van der Waals surface area contributed by atoms with Crippen LogP contribution >= 0.6 is 11.3 Å². The van der Waals surface area contributed by atoms with Crippen LogP contribution in [0.2, 0.25) is 0 Å². The number of aromatic amines is 1. The molecule has 24 heavy (non-hydrogen) atoms. The molecule has 4 heteroatoms. The topological polar surface area (TPSA) is 45.2 Å². The molecule has 0 radical (unpaired) electrons. The van der Waals surface area contributed by atoms with Crippen LogP contribution in [0.5, 0.6) is 0 Å². The molecule has 1 aliphatic heterocycles. The molecule has 3 aromatic carbocycles. The summed E-state index contributed by atoms with van der Waals surface area (Å²) in [7, 11) is 0. The van der Waals surface area contributed by atoms with E-state index in [1.165, 1.54) is 14.8 Å². The van der Waals surface area contributed by atoms with Crippen molar-refractivity contribution < 1.29 is 4.79 Å². The maximum absolute atomic E-state index is 12.1. The second kappa shape index (κ2) is 4.10. The van der Waals surface area contributed by atoms with Gasteiger partial charge < -0.3 is 4.98 Å². The molecule has 0 spiro atoms. The van der Waals surface area contributed by atoms with Crippen molar-refractivity contribution in [3.05, 3.63) is 59.1 Å². The number of amides is 1. The number of carbonyl (C=O) groups is 1. The predicted octanol–water partition coefficient (Wildman–Crippen LogP) is 3.63. The molecule has 1 aliphatic rings. The molecule has 0 aliphatic carbocycles. The van der Waals surface area contributed by atoms with E-state index in [2.05, 4.69) is 40.3 Å². The first-order chi connectivity index (χ1) is 11.8. The number of nitrogens with zero attached hydrogens (tertiary/aromatic N) is 1. The van der Waals surface area contributed by atoms with Gasteiger partial charge in [-0.05, 0) is 12.1 Å². The van der Waals surface area contributed by atoms with Gasteiger partial charge in [-0.15, -0.1) is 11.3 Å². The summed E-state index contributed by atoms with van der Waals surface area (Å²) in [6.07, 6.45) is 1.67. The van der Waals surface area contributed by atoms with Crippen molar-refractivity contribution in [2.24, 2.45) is 4.99 Å². The average molecular weight is 326 g/mol. The van der Waals surface area contributed by atoms with Crippen molar-refractivity contribution in [1.82, 2.24) is 4.98 Å². The largest absolute Gasteiger partial charge is 0.353 e. The molecule has 0 saturated heterocycles. The van der Waals surface area contributed by atoms with Crippen LogP contribution in [0.25, 0.3) is 48.1 Å². The van der Waals surface area contributed by atoms with E-state index in [0.29, 0.717) is 0 Å². The van der Waals surface area contributed by atoms with Crippen LogP contribution in [0, 0.1) is 0 Å². The van der Waals surface area contributed by atoms with Crippen LogP contribution < -0.4 is 10.6 Å². The number of rotatable bonds is 0. The van der Waals surface area contributed by atoms with Crippen molar-refractivity contribution in [3.63, 3.8) is 0 Å². The zero-order chi connectivity index (χ0) is 15.8. The molecule has 0 unspecified atom stereocenters. The summed E-state index contributed by atoms with van der Waals surface area (Å²) in [6, 6.07) is 16.6. The number of hydrogen-bond acceptors (Lipinski definition) is 2. The molecule has 1 N–H and O–H groups in total. The lowest BCUT2D eigenvalue weighted by molar-refractivity contribution is -0.112. The Kier molecular flexibility index (Phi) is 2.13. The van der Waals surface area contributed by atoms with E-state index >= 15 is 0 Å². The number of fused-ring (bicyclic) bond motifs is 10. The maximum Gasteiger partial charge on any atom is 0.270 e. The molecular weight excluding hydrogens is 316 g/mol. The quantitative estimate of drug-likeness (QED) is 0.464. The van der Waals surface area contributed by atoms with Crippen LogP contribution in [0.4, 0.5) is 0 Å². The minimum atomic E-state index is -0.167. The van der Waals surface area contributed by atoms with Gasteiger partial charge in [-0.25, -0.2) is 4.99 Å². The van der Waals surface area contributed by atoms with Crippen LogP contribution in [-0.2, 0) is 4.79 Å². The number of para-hydroxylation sites is 1. The highest BCUT2D eigenvalue weighted by Crippen LogP contribution is 2.37. The first-order valence-corrected chi connectivity index (χ1v) is 8.61. The minimum absolute atomic E-state index is 0.167. The molecular formula is C20H10N2OS. The van der Waals surface area contributed by atoms with Crippen LogP contribution in [0.1, 0.15) is 0 Å². The smallest absolute Gasteiger partial charge is 0.270 e. The Labute approximate surface area is 139 Å². The number of H-pyrrole nitrogens is 1. The Hall–Kier alpha value is -2.98. The number of nitrogens with one attached hydrogen (secondary N) is 1. The second-order valence-electron chi connectivity index (χ2n) is 6.08.